The molecule has 0 saturated heterocycles. The van der Waals surface area contributed by atoms with Gasteiger partial charge in [0.05, 0.1) is 11.6 Å². The zero-order chi connectivity index (χ0) is 16.7. The molecule has 7 heteroatoms. The van der Waals surface area contributed by atoms with Crippen LogP contribution in [0.2, 0.25) is 0 Å². The number of rotatable bonds is 3. The van der Waals surface area contributed by atoms with Gasteiger partial charge in [-0.15, -0.1) is 10.2 Å². The van der Waals surface area contributed by atoms with Crippen molar-refractivity contribution in [2.45, 2.75) is 44.9 Å². The minimum atomic E-state index is -0.809. The Morgan fingerprint density at radius 2 is 2.21 bits per heavy atom. The van der Waals surface area contributed by atoms with Gasteiger partial charge in [0.25, 0.3) is 5.91 Å². The number of nitrogens with one attached hydrogen (secondary N) is 1. The van der Waals surface area contributed by atoms with Crippen LogP contribution in [0.4, 0.5) is 0 Å². The summed E-state index contributed by atoms with van der Waals surface area (Å²) < 4.78 is 7.34. The molecule has 0 radical (unpaired) electrons. The quantitative estimate of drug-likeness (QED) is 0.856. The molecule has 4 rings (SSSR count). The fourth-order valence-corrected chi connectivity index (χ4v) is 3.34. The van der Waals surface area contributed by atoms with Crippen LogP contribution in [0, 0.1) is 0 Å². The van der Waals surface area contributed by atoms with Crippen LogP contribution in [0.25, 0.3) is 0 Å². The fraction of sp³-hybridized carbons (Fsp3) is 0.412. The van der Waals surface area contributed by atoms with Crippen LogP contribution < -0.4 is 5.32 Å². The molecule has 24 heavy (non-hydrogen) atoms. The van der Waals surface area contributed by atoms with E-state index >= 15 is 0 Å². The molecule has 3 heterocycles. The molecule has 1 amide bonds. The first-order valence-electron chi connectivity index (χ1n) is 8.14. The number of fused-ring (bicyclic) bond motifs is 2. The van der Waals surface area contributed by atoms with Gasteiger partial charge in [-0.05, 0) is 25.0 Å². The summed E-state index contributed by atoms with van der Waals surface area (Å²) in [6.45, 7) is 2.75. The van der Waals surface area contributed by atoms with E-state index in [0.29, 0.717) is 12.0 Å². The van der Waals surface area contributed by atoms with Gasteiger partial charge >= 0.3 is 5.97 Å². The van der Waals surface area contributed by atoms with E-state index in [-0.39, 0.29) is 11.9 Å². The highest BCUT2D eigenvalue weighted by Crippen LogP contribution is 2.22. The second kappa shape index (κ2) is 5.74. The van der Waals surface area contributed by atoms with Gasteiger partial charge < -0.3 is 14.6 Å². The first-order chi connectivity index (χ1) is 11.6. The maximum atomic E-state index is 12.5. The number of esters is 1. The van der Waals surface area contributed by atoms with Crippen molar-refractivity contribution in [3.63, 3.8) is 0 Å². The number of cyclic esters (lactones) is 1. The molecule has 1 aromatic heterocycles. The molecule has 0 bridgehead atoms. The summed E-state index contributed by atoms with van der Waals surface area (Å²) in [4.78, 5) is 24.6. The molecule has 0 fully saturated rings. The molecule has 2 aliphatic heterocycles. The van der Waals surface area contributed by atoms with E-state index in [2.05, 4.69) is 15.5 Å². The van der Waals surface area contributed by atoms with Crippen molar-refractivity contribution in [1.82, 2.24) is 20.1 Å². The van der Waals surface area contributed by atoms with Gasteiger partial charge in [-0.2, -0.15) is 0 Å². The van der Waals surface area contributed by atoms with E-state index in [1.165, 1.54) is 0 Å². The number of ether oxygens (including phenoxy) is 1. The van der Waals surface area contributed by atoms with Crippen molar-refractivity contribution >= 4 is 11.9 Å². The molecule has 1 N–H and O–H groups in total. The average Bonchev–Trinajstić information content (AvgIpc) is 3.17. The zero-order valence-electron chi connectivity index (χ0n) is 13.4. The van der Waals surface area contributed by atoms with E-state index in [9.17, 15) is 9.59 Å². The van der Waals surface area contributed by atoms with Crippen LogP contribution in [0.1, 0.15) is 47.0 Å². The molecule has 1 aromatic carbocycles. The molecule has 7 nitrogen and oxygen atoms in total. The molecule has 0 unspecified atom stereocenters. The Morgan fingerprint density at radius 3 is 3.08 bits per heavy atom. The van der Waals surface area contributed by atoms with Crippen LogP contribution >= 0.6 is 0 Å². The monoisotopic (exact) mass is 326 g/mol. The number of carbonyl (C=O) groups excluding carboxylic acids is 2. The molecule has 2 aliphatic rings. The molecule has 2 atom stereocenters. The van der Waals surface area contributed by atoms with Crippen molar-refractivity contribution in [3.8, 4) is 0 Å². The maximum Gasteiger partial charge on any atom is 0.339 e. The molecule has 0 saturated carbocycles. The summed E-state index contributed by atoms with van der Waals surface area (Å²) in [6, 6.07) is 6.93. The standard InChI is InChI=1S/C17H18N4O3/c1-10(15-20-19-14-7-4-8-21(14)15)18-16(22)13-9-11-5-2-3-6-12(11)17(23)24-13/h2-3,5-6,10,13H,4,7-9H2,1H3,(H,18,22)/t10-,13+/m0/s1. The minimum Gasteiger partial charge on any atom is -0.448 e. The summed E-state index contributed by atoms with van der Waals surface area (Å²) in [5.41, 5.74) is 1.37. The SMILES string of the molecule is C[C@H](NC(=O)[C@H]1Cc2ccccc2C(=O)O1)c1nnc2n1CCC2. The first-order valence-corrected chi connectivity index (χ1v) is 8.14. The Hall–Kier alpha value is -2.70. The topological polar surface area (TPSA) is 86.1 Å². The highest BCUT2D eigenvalue weighted by Gasteiger charge is 2.32. The van der Waals surface area contributed by atoms with Crippen LogP contribution in [-0.4, -0.2) is 32.7 Å². The highest BCUT2D eigenvalue weighted by molar-refractivity contribution is 5.95. The third-order valence-electron chi connectivity index (χ3n) is 4.57. The minimum absolute atomic E-state index is 0.285. The van der Waals surface area contributed by atoms with Crippen LogP contribution in [0.15, 0.2) is 24.3 Å². The second-order valence-electron chi connectivity index (χ2n) is 6.22. The molecule has 0 aliphatic carbocycles. The zero-order valence-corrected chi connectivity index (χ0v) is 13.4. The number of carbonyl (C=O) groups is 2. The third-order valence-corrected chi connectivity index (χ3v) is 4.57. The number of benzene rings is 1. The smallest absolute Gasteiger partial charge is 0.339 e. The largest absolute Gasteiger partial charge is 0.448 e. The lowest BCUT2D eigenvalue weighted by Gasteiger charge is -2.25. The van der Waals surface area contributed by atoms with Crippen molar-refractivity contribution in [3.05, 3.63) is 47.0 Å². The van der Waals surface area contributed by atoms with E-state index in [1.807, 2.05) is 23.6 Å². The van der Waals surface area contributed by atoms with E-state index in [0.717, 1.165) is 36.6 Å². The predicted molar refractivity (Wildman–Crippen MR) is 84.3 cm³/mol. The van der Waals surface area contributed by atoms with Crippen molar-refractivity contribution in [2.75, 3.05) is 0 Å². The number of aromatic nitrogens is 3. The van der Waals surface area contributed by atoms with Gasteiger partial charge in [0.2, 0.25) is 0 Å². The van der Waals surface area contributed by atoms with E-state index in [1.54, 1.807) is 12.1 Å². The average molecular weight is 326 g/mol. The molecule has 124 valence electrons. The lowest BCUT2D eigenvalue weighted by atomic mass is 9.98. The van der Waals surface area contributed by atoms with Gasteiger partial charge in [0, 0.05) is 19.4 Å². The Morgan fingerprint density at radius 1 is 1.38 bits per heavy atom. The Labute approximate surface area is 139 Å². The number of aryl methyl sites for hydroxylation is 1. The number of nitrogens with zero attached hydrogens (tertiary/aromatic N) is 3. The predicted octanol–water partition coefficient (Wildman–Crippen LogP) is 1.18. The van der Waals surface area contributed by atoms with Crippen molar-refractivity contribution in [1.29, 1.82) is 0 Å². The molecular formula is C17H18N4O3. The summed E-state index contributed by atoms with van der Waals surface area (Å²) in [5, 5.41) is 11.2. The van der Waals surface area contributed by atoms with Gasteiger partial charge in [-0.1, -0.05) is 18.2 Å². The molecule has 0 spiro atoms. The van der Waals surface area contributed by atoms with Crippen molar-refractivity contribution < 1.29 is 14.3 Å². The van der Waals surface area contributed by atoms with Crippen LogP contribution in [-0.2, 0) is 28.9 Å². The third kappa shape index (κ3) is 2.46. The van der Waals surface area contributed by atoms with Crippen LogP contribution in [0.3, 0.4) is 0 Å². The van der Waals surface area contributed by atoms with E-state index in [4.69, 9.17) is 4.74 Å². The van der Waals surface area contributed by atoms with Crippen molar-refractivity contribution in [2.24, 2.45) is 0 Å². The first kappa shape index (κ1) is 14.9. The lowest BCUT2D eigenvalue weighted by Crippen LogP contribution is -2.43. The Balaban J connectivity index is 1.48. The summed E-state index contributed by atoms with van der Waals surface area (Å²) in [5.74, 6) is 0.955. The van der Waals surface area contributed by atoms with Gasteiger partial charge in [0.1, 0.15) is 5.82 Å². The van der Waals surface area contributed by atoms with Gasteiger partial charge in [0.15, 0.2) is 11.9 Å². The van der Waals surface area contributed by atoms with Crippen LogP contribution in [0.5, 0.6) is 0 Å². The number of amides is 1. The lowest BCUT2D eigenvalue weighted by molar-refractivity contribution is -0.131. The fourth-order valence-electron chi connectivity index (χ4n) is 3.34. The number of hydrogen-bond donors (Lipinski definition) is 1. The summed E-state index contributed by atoms with van der Waals surface area (Å²) >= 11 is 0. The normalized spacial score (nSPS) is 20.0. The Kier molecular flexibility index (Phi) is 3.55. The van der Waals surface area contributed by atoms with Gasteiger partial charge in [-0.25, -0.2) is 4.79 Å². The molecular weight excluding hydrogens is 308 g/mol. The summed E-state index contributed by atoms with van der Waals surface area (Å²) in [6.07, 6.45) is 1.55. The summed E-state index contributed by atoms with van der Waals surface area (Å²) in [7, 11) is 0. The van der Waals surface area contributed by atoms with Gasteiger partial charge in [-0.3, -0.25) is 4.79 Å². The maximum absolute atomic E-state index is 12.5. The number of hydrogen-bond acceptors (Lipinski definition) is 5. The molecule has 2 aromatic rings. The Bertz CT molecular complexity index is 814. The second-order valence-corrected chi connectivity index (χ2v) is 6.22. The highest BCUT2D eigenvalue weighted by atomic mass is 16.5. The van der Waals surface area contributed by atoms with E-state index < -0.39 is 12.1 Å².